The first-order chi connectivity index (χ1) is 11.5. The Balaban J connectivity index is 2.64. The van der Waals surface area contributed by atoms with E-state index in [1.54, 1.807) is 13.8 Å². The van der Waals surface area contributed by atoms with Gasteiger partial charge in [0.2, 0.25) is 5.91 Å². The molecule has 0 saturated carbocycles. The average molecular weight is 332 g/mol. The second kappa shape index (κ2) is 6.95. The van der Waals surface area contributed by atoms with Gasteiger partial charge >= 0.3 is 11.9 Å². The third kappa shape index (κ3) is 2.86. The van der Waals surface area contributed by atoms with E-state index in [1.807, 2.05) is 6.07 Å². The van der Waals surface area contributed by atoms with E-state index in [1.165, 1.54) is 19.3 Å². The monoisotopic (exact) mass is 332 g/mol. The highest BCUT2D eigenvalue weighted by Gasteiger charge is 2.40. The number of fused-ring (bicyclic) bond motifs is 1. The average Bonchev–Trinajstić information content (AvgIpc) is 2.97. The Morgan fingerprint density at radius 1 is 1.29 bits per heavy atom. The number of hydrogen-bond donors (Lipinski definition) is 0. The van der Waals surface area contributed by atoms with Crippen LogP contribution in [0.4, 0.5) is 5.82 Å². The van der Waals surface area contributed by atoms with Gasteiger partial charge in [0.1, 0.15) is 11.6 Å². The number of rotatable bonds is 4. The lowest BCUT2D eigenvalue weighted by Crippen LogP contribution is -2.38. The molecule has 1 amide bonds. The van der Waals surface area contributed by atoms with Crippen molar-refractivity contribution in [3.8, 4) is 6.07 Å². The van der Waals surface area contributed by atoms with Crippen LogP contribution in [0.15, 0.2) is 18.0 Å². The Labute approximate surface area is 138 Å². The molecule has 0 aromatic carbocycles. The zero-order valence-corrected chi connectivity index (χ0v) is 13.5. The number of ether oxygens (including phenoxy) is 2. The van der Waals surface area contributed by atoms with E-state index in [9.17, 15) is 19.6 Å². The molecular formula is C15H16N4O5. The number of carbonyl (C=O) groups is 3. The van der Waals surface area contributed by atoms with Gasteiger partial charge in [-0.2, -0.15) is 10.4 Å². The summed E-state index contributed by atoms with van der Waals surface area (Å²) in [5.74, 6) is -1.83. The smallest absolute Gasteiger partial charge is 0.338 e. The minimum Gasteiger partial charge on any atom is -0.464 e. The molecule has 1 aromatic rings. The number of aromatic nitrogens is 2. The fraction of sp³-hybridized carbons (Fsp3) is 0.400. The van der Waals surface area contributed by atoms with E-state index in [0.29, 0.717) is 0 Å². The van der Waals surface area contributed by atoms with Gasteiger partial charge in [0.05, 0.1) is 25.0 Å². The standard InChI is InChI=1S/C15H16N4O5/c1-4-23-14(21)11-8-18(9(3)20)13-10(6-16)7-17-19(13)12(11)15(22)24-5-2/h7-8,12H,4-5H2,1-3H3. The first-order valence-corrected chi connectivity index (χ1v) is 7.29. The number of hydrogen-bond acceptors (Lipinski definition) is 7. The van der Waals surface area contributed by atoms with Crippen LogP contribution in [-0.2, 0) is 23.9 Å². The zero-order chi connectivity index (χ0) is 17.9. The molecule has 9 nitrogen and oxygen atoms in total. The van der Waals surface area contributed by atoms with Crippen LogP contribution in [0.25, 0.3) is 0 Å². The lowest BCUT2D eigenvalue weighted by atomic mass is 10.1. The van der Waals surface area contributed by atoms with E-state index in [4.69, 9.17) is 9.47 Å². The predicted octanol–water partition coefficient (Wildman–Crippen LogP) is 0.672. The summed E-state index contributed by atoms with van der Waals surface area (Å²) in [4.78, 5) is 37.6. The van der Waals surface area contributed by atoms with Crippen LogP contribution in [-0.4, -0.2) is 40.8 Å². The number of amides is 1. The van der Waals surface area contributed by atoms with Crippen molar-refractivity contribution in [3.05, 3.63) is 23.5 Å². The van der Waals surface area contributed by atoms with Crippen LogP contribution in [0, 0.1) is 11.3 Å². The molecular weight excluding hydrogens is 316 g/mol. The van der Waals surface area contributed by atoms with Gasteiger partial charge in [-0.05, 0) is 13.8 Å². The molecule has 24 heavy (non-hydrogen) atoms. The Bertz CT molecular complexity index is 758. The van der Waals surface area contributed by atoms with Crippen molar-refractivity contribution in [1.82, 2.24) is 9.78 Å². The Morgan fingerprint density at radius 3 is 2.50 bits per heavy atom. The van der Waals surface area contributed by atoms with Crippen molar-refractivity contribution in [2.75, 3.05) is 18.1 Å². The third-order valence-corrected chi connectivity index (χ3v) is 3.29. The Hall–Kier alpha value is -3.15. The SMILES string of the molecule is CCOC(=O)C1=CN(C(C)=O)c2c(C#N)cnn2C1C(=O)OCC. The molecule has 1 unspecified atom stereocenters. The van der Waals surface area contributed by atoms with Gasteiger partial charge in [0, 0.05) is 13.1 Å². The summed E-state index contributed by atoms with van der Waals surface area (Å²) < 4.78 is 11.1. The summed E-state index contributed by atoms with van der Waals surface area (Å²) in [5.41, 5.74) is 0.00393. The lowest BCUT2D eigenvalue weighted by Gasteiger charge is -2.29. The molecule has 9 heteroatoms. The summed E-state index contributed by atoms with van der Waals surface area (Å²) in [6.07, 6.45) is 2.42. The Morgan fingerprint density at radius 2 is 1.96 bits per heavy atom. The number of anilines is 1. The highest BCUT2D eigenvalue weighted by Crippen LogP contribution is 2.34. The molecule has 126 valence electrons. The maximum absolute atomic E-state index is 12.3. The second-order valence-electron chi connectivity index (χ2n) is 4.79. The van der Waals surface area contributed by atoms with E-state index < -0.39 is 23.9 Å². The van der Waals surface area contributed by atoms with Crippen LogP contribution >= 0.6 is 0 Å². The lowest BCUT2D eigenvalue weighted by molar-refractivity contribution is -0.149. The van der Waals surface area contributed by atoms with Crippen molar-refractivity contribution in [3.63, 3.8) is 0 Å². The quantitative estimate of drug-likeness (QED) is 0.744. The van der Waals surface area contributed by atoms with Crippen molar-refractivity contribution in [2.45, 2.75) is 26.8 Å². The molecule has 0 aliphatic carbocycles. The molecule has 1 aliphatic heterocycles. The van der Waals surface area contributed by atoms with Gasteiger partial charge < -0.3 is 9.47 Å². The molecule has 0 fully saturated rings. The Kier molecular flexibility index (Phi) is 4.99. The first-order valence-electron chi connectivity index (χ1n) is 7.29. The molecule has 1 aromatic heterocycles. The maximum Gasteiger partial charge on any atom is 0.338 e. The minimum atomic E-state index is -1.23. The van der Waals surface area contributed by atoms with Gasteiger partial charge in [0.25, 0.3) is 0 Å². The molecule has 0 saturated heterocycles. The molecule has 2 rings (SSSR count). The van der Waals surface area contributed by atoms with Gasteiger partial charge in [-0.25, -0.2) is 14.3 Å². The molecule has 2 heterocycles. The van der Waals surface area contributed by atoms with E-state index >= 15 is 0 Å². The molecule has 0 spiro atoms. The minimum absolute atomic E-state index is 0.0920. The summed E-state index contributed by atoms with van der Waals surface area (Å²) in [6.45, 7) is 4.71. The summed E-state index contributed by atoms with van der Waals surface area (Å²) in [5, 5.41) is 13.2. The van der Waals surface area contributed by atoms with Gasteiger partial charge in [-0.15, -0.1) is 0 Å². The number of carbonyl (C=O) groups excluding carboxylic acids is 3. The topological polar surface area (TPSA) is 115 Å². The number of esters is 2. The van der Waals surface area contributed by atoms with E-state index in [2.05, 4.69) is 5.10 Å². The molecule has 1 aliphatic rings. The fourth-order valence-corrected chi connectivity index (χ4v) is 2.33. The van der Waals surface area contributed by atoms with Crippen LogP contribution in [0.2, 0.25) is 0 Å². The van der Waals surface area contributed by atoms with Crippen molar-refractivity contribution >= 4 is 23.7 Å². The summed E-state index contributed by atoms with van der Waals surface area (Å²) in [6, 6.07) is 0.681. The first kappa shape index (κ1) is 17.2. The largest absolute Gasteiger partial charge is 0.464 e. The molecule has 0 radical (unpaired) electrons. The van der Waals surface area contributed by atoms with Crippen LogP contribution < -0.4 is 4.90 Å². The second-order valence-corrected chi connectivity index (χ2v) is 4.79. The highest BCUT2D eigenvalue weighted by molar-refractivity contribution is 6.02. The van der Waals surface area contributed by atoms with E-state index in [-0.39, 0.29) is 30.2 Å². The predicted molar refractivity (Wildman–Crippen MR) is 80.5 cm³/mol. The normalized spacial score (nSPS) is 15.8. The van der Waals surface area contributed by atoms with Crippen LogP contribution in [0.3, 0.4) is 0 Å². The van der Waals surface area contributed by atoms with Crippen molar-refractivity contribution in [2.24, 2.45) is 0 Å². The fourth-order valence-electron chi connectivity index (χ4n) is 2.33. The maximum atomic E-state index is 12.3. The molecule has 0 bridgehead atoms. The van der Waals surface area contributed by atoms with Gasteiger partial charge in [-0.3, -0.25) is 9.69 Å². The summed E-state index contributed by atoms with van der Waals surface area (Å²) in [7, 11) is 0. The number of nitrogens with zero attached hydrogens (tertiary/aromatic N) is 4. The van der Waals surface area contributed by atoms with E-state index in [0.717, 1.165) is 9.58 Å². The van der Waals surface area contributed by atoms with Crippen LogP contribution in [0.1, 0.15) is 32.4 Å². The van der Waals surface area contributed by atoms with Gasteiger partial charge in [0.15, 0.2) is 11.9 Å². The zero-order valence-electron chi connectivity index (χ0n) is 13.5. The van der Waals surface area contributed by atoms with Crippen molar-refractivity contribution < 1.29 is 23.9 Å². The van der Waals surface area contributed by atoms with Gasteiger partial charge in [-0.1, -0.05) is 0 Å². The molecule has 0 N–H and O–H groups in total. The van der Waals surface area contributed by atoms with Crippen LogP contribution in [0.5, 0.6) is 0 Å². The highest BCUT2D eigenvalue weighted by atomic mass is 16.5. The molecule has 1 atom stereocenters. The third-order valence-electron chi connectivity index (χ3n) is 3.29. The van der Waals surface area contributed by atoms with Crippen molar-refractivity contribution in [1.29, 1.82) is 5.26 Å². The number of nitriles is 1. The summed E-state index contributed by atoms with van der Waals surface area (Å²) >= 11 is 0.